The molecule has 0 N–H and O–H groups in total. The number of carbonyl (C=O) groups excluding carboxylic acids is 2. The van der Waals surface area contributed by atoms with E-state index in [9.17, 15) is 14.9 Å². The topological polar surface area (TPSA) is 76.4 Å². The third-order valence-electron chi connectivity index (χ3n) is 4.02. The monoisotopic (exact) mass is 293 g/mol. The lowest BCUT2D eigenvalue weighted by Gasteiger charge is -2.37. The van der Waals surface area contributed by atoms with E-state index in [-0.39, 0.29) is 24.8 Å². The summed E-state index contributed by atoms with van der Waals surface area (Å²) in [4.78, 5) is 24.4. The van der Waals surface area contributed by atoms with Gasteiger partial charge in [-0.05, 0) is 45.1 Å². The Bertz CT molecular complexity index is 475. The summed E-state index contributed by atoms with van der Waals surface area (Å²) in [5.74, 6) is -0.974. The van der Waals surface area contributed by atoms with E-state index in [1.807, 2.05) is 13.0 Å². The van der Waals surface area contributed by atoms with E-state index in [0.29, 0.717) is 24.8 Å². The van der Waals surface area contributed by atoms with Gasteiger partial charge in [0.1, 0.15) is 11.6 Å². The second-order valence-electron chi connectivity index (χ2n) is 5.05. The first-order valence-electron chi connectivity index (χ1n) is 7.55. The molecule has 1 rings (SSSR count). The molecular formula is C16H23NO4. The number of hydrogen-bond acceptors (Lipinski definition) is 5. The molecule has 0 aromatic heterocycles. The summed E-state index contributed by atoms with van der Waals surface area (Å²) in [7, 11) is 0. The molecule has 5 nitrogen and oxygen atoms in total. The Balaban J connectivity index is 3.35. The number of nitrogens with zero attached hydrogens (tertiary/aromatic N) is 1. The van der Waals surface area contributed by atoms with Crippen molar-refractivity contribution in [2.45, 2.75) is 52.9 Å². The van der Waals surface area contributed by atoms with Gasteiger partial charge in [0.05, 0.1) is 18.6 Å². The average Bonchev–Trinajstić information content (AvgIpc) is 2.49. The Morgan fingerprint density at radius 2 is 1.86 bits per heavy atom. The van der Waals surface area contributed by atoms with E-state index in [4.69, 9.17) is 9.47 Å². The van der Waals surface area contributed by atoms with Crippen molar-refractivity contribution in [3.63, 3.8) is 0 Å². The Hall–Kier alpha value is -1.83. The molecule has 0 spiro atoms. The third kappa shape index (κ3) is 3.44. The summed E-state index contributed by atoms with van der Waals surface area (Å²) in [6, 6.07) is 1.94. The fraction of sp³-hybridized carbons (Fsp3) is 0.688. The van der Waals surface area contributed by atoms with Crippen molar-refractivity contribution < 1.29 is 19.1 Å². The van der Waals surface area contributed by atoms with Crippen molar-refractivity contribution in [1.29, 1.82) is 5.26 Å². The standard InChI is InChI=1S/C16H23NO4/c1-4-16(15(19)21-6-3)10-8-7-9-13(16)12(11-17)14(18)20-5-2/h4-10H2,1-3H3/b13-12-. The Labute approximate surface area is 125 Å². The summed E-state index contributed by atoms with van der Waals surface area (Å²) >= 11 is 0. The van der Waals surface area contributed by atoms with Crippen LogP contribution in [0.25, 0.3) is 0 Å². The number of hydrogen-bond donors (Lipinski definition) is 0. The number of ether oxygens (including phenoxy) is 2. The van der Waals surface area contributed by atoms with Gasteiger partial charge in [-0.25, -0.2) is 4.79 Å². The maximum absolute atomic E-state index is 12.4. The summed E-state index contributed by atoms with van der Waals surface area (Å²) in [5.41, 5.74) is -0.284. The van der Waals surface area contributed by atoms with Crippen molar-refractivity contribution >= 4 is 11.9 Å². The van der Waals surface area contributed by atoms with E-state index in [1.165, 1.54) is 0 Å². The highest BCUT2D eigenvalue weighted by atomic mass is 16.5. The lowest BCUT2D eigenvalue weighted by Crippen LogP contribution is -2.38. The number of esters is 2. The molecule has 0 aromatic carbocycles. The molecule has 0 saturated heterocycles. The zero-order valence-electron chi connectivity index (χ0n) is 13.0. The molecule has 116 valence electrons. The van der Waals surface area contributed by atoms with Crippen LogP contribution in [0.4, 0.5) is 0 Å². The van der Waals surface area contributed by atoms with Crippen LogP contribution in [0.1, 0.15) is 52.9 Å². The first kappa shape index (κ1) is 17.2. The van der Waals surface area contributed by atoms with Gasteiger partial charge in [-0.2, -0.15) is 5.26 Å². The highest BCUT2D eigenvalue weighted by Crippen LogP contribution is 2.46. The van der Waals surface area contributed by atoms with E-state index in [0.717, 1.165) is 12.8 Å². The fourth-order valence-corrected chi connectivity index (χ4v) is 2.95. The van der Waals surface area contributed by atoms with Gasteiger partial charge in [0.25, 0.3) is 0 Å². The predicted octanol–water partition coefficient (Wildman–Crippen LogP) is 2.90. The summed E-state index contributed by atoms with van der Waals surface area (Å²) in [6.07, 6.45) is 3.45. The van der Waals surface area contributed by atoms with Crippen molar-refractivity contribution in [2.24, 2.45) is 5.41 Å². The van der Waals surface area contributed by atoms with Crippen molar-refractivity contribution in [3.8, 4) is 6.07 Å². The van der Waals surface area contributed by atoms with Crippen LogP contribution in [-0.2, 0) is 19.1 Å². The van der Waals surface area contributed by atoms with Gasteiger partial charge < -0.3 is 9.47 Å². The fourth-order valence-electron chi connectivity index (χ4n) is 2.95. The van der Waals surface area contributed by atoms with Crippen LogP contribution in [0.3, 0.4) is 0 Å². The van der Waals surface area contributed by atoms with E-state index in [2.05, 4.69) is 0 Å². The molecule has 0 aromatic rings. The quantitative estimate of drug-likeness (QED) is 0.442. The van der Waals surface area contributed by atoms with Crippen LogP contribution < -0.4 is 0 Å². The van der Waals surface area contributed by atoms with Gasteiger partial charge in [0, 0.05) is 0 Å². The molecule has 0 amide bonds. The van der Waals surface area contributed by atoms with Crippen molar-refractivity contribution in [3.05, 3.63) is 11.1 Å². The zero-order valence-corrected chi connectivity index (χ0v) is 13.0. The molecule has 1 aliphatic carbocycles. The van der Waals surface area contributed by atoms with Gasteiger partial charge in [0.2, 0.25) is 0 Å². The molecule has 1 fully saturated rings. The molecule has 21 heavy (non-hydrogen) atoms. The molecular weight excluding hydrogens is 270 g/mol. The Kier molecular flexibility index (Phi) is 6.41. The molecule has 1 atom stereocenters. The predicted molar refractivity (Wildman–Crippen MR) is 77.1 cm³/mol. The molecule has 0 radical (unpaired) electrons. The van der Waals surface area contributed by atoms with Crippen LogP contribution >= 0.6 is 0 Å². The number of carbonyl (C=O) groups is 2. The Morgan fingerprint density at radius 1 is 1.19 bits per heavy atom. The largest absolute Gasteiger partial charge is 0.465 e. The van der Waals surface area contributed by atoms with E-state index < -0.39 is 11.4 Å². The minimum absolute atomic E-state index is 0.0218. The van der Waals surface area contributed by atoms with Crippen molar-refractivity contribution in [2.75, 3.05) is 13.2 Å². The minimum atomic E-state index is -0.855. The van der Waals surface area contributed by atoms with Crippen LogP contribution in [0.2, 0.25) is 0 Å². The lowest BCUT2D eigenvalue weighted by molar-refractivity contribution is -0.154. The minimum Gasteiger partial charge on any atom is -0.465 e. The Morgan fingerprint density at radius 3 is 2.38 bits per heavy atom. The van der Waals surface area contributed by atoms with Crippen LogP contribution in [0, 0.1) is 16.7 Å². The molecule has 1 saturated carbocycles. The van der Waals surface area contributed by atoms with Gasteiger partial charge in [-0.3, -0.25) is 4.79 Å². The summed E-state index contributed by atoms with van der Waals surface area (Å²) < 4.78 is 10.2. The summed E-state index contributed by atoms with van der Waals surface area (Å²) in [6.45, 7) is 5.83. The van der Waals surface area contributed by atoms with Gasteiger partial charge in [-0.1, -0.05) is 13.3 Å². The van der Waals surface area contributed by atoms with Gasteiger partial charge >= 0.3 is 11.9 Å². The van der Waals surface area contributed by atoms with Crippen molar-refractivity contribution in [1.82, 2.24) is 0 Å². The molecule has 0 bridgehead atoms. The average molecular weight is 293 g/mol. The highest BCUT2D eigenvalue weighted by Gasteiger charge is 2.45. The number of rotatable bonds is 5. The third-order valence-corrected chi connectivity index (χ3v) is 4.02. The number of nitriles is 1. The second kappa shape index (κ2) is 7.82. The molecule has 1 aliphatic rings. The van der Waals surface area contributed by atoms with Gasteiger partial charge in [-0.15, -0.1) is 0 Å². The second-order valence-corrected chi connectivity index (χ2v) is 5.05. The van der Waals surface area contributed by atoms with Crippen LogP contribution in [0.15, 0.2) is 11.1 Å². The zero-order chi connectivity index (χ0) is 15.9. The first-order valence-corrected chi connectivity index (χ1v) is 7.55. The van der Waals surface area contributed by atoms with Crippen LogP contribution in [-0.4, -0.2) is 25.2 Å². The molecule has 1 unspecified atom stereocenters. The molecule has 0 heterocycles. The van der Waals surface area contributed by atoms with Crippen LogP contribution in [0.5, 0.6) is 0 Å². The maximum atomic E-state index is 12.4. The van der Waals surface area contributed by atoms with Gasteiger partial charge in [0.15, 0.2) is 0 Å². The molecule has 5 heteroatoms. The van der Waals surface area contributed by atoms with E-state index in [1.54, 1.807) is 13.8 Å². The lowest BCUT2D eigenvalue weighted by atomic mass is 9.67. The first-order chi connectivity index (χ1) is 10.1. The SMILES string of the molecule is CCOC(=O)/C(C#N)=C1/CCCCC1(CC)C(=O)OCC. The maximum Gasteiger partial charge on any atom is 0.348 e. The van der Waals surface area contributed by atoms with E-state index >= 15 is 0 Å². The molecule has 0 aliphatic heterocycles. The highest BCUT2D eigenvalue weighted by molar-refractivity contribution is 5.96. The smallest absolute Gasteiger partial charge is 0.348 e. The summed E-state index contributed by atoms with van der Waals surface area (Å²) in [5, 5.41) is 9.35. The normalized spacial score (nSPS) is 23.9.